The monoisotopic (exact) mass is 620 g/mol. The number of hydrogen-bond donors (Lipinski definition) is 1. The molecule has 196 valence electrons. The third kappa shape index (κ3) is 9.36. The first-order valence-electron chi connectivity index (χ1n) is 12.2. The van der Waals surface area contributed by atoms with Gasteiger partial charge in [-0.2, -0.15) is 0 Å². The van der Waals surface area contributed by atoms with Crippen molar-refractivity contribution in [2.45, 2.75) is 51.1 Å². The van der Waals surface area contributed by atoms with Gasteiger partial charge in [0.25, 0.3) is 0 Å². The van der Waals surface area contributed by atoms with Gasteiger partial charge in [-0.1, -0.05) is 94.6 Å². The molecular weight excluding hydrogens is 591 g/mol. The fourth-order valence-electron chi connectivity index (χ4n) is 3.75. The van der Waals surface area contributed by atoms with E-state index in [0.717, 1.165) is 27.6 Å². The van der Waals surface area contributed by atoms with Crippen LogP contribution in [-0.4, -0.2) is 34.6 Å². The van der Waals surface area contributed by atoms with E-state index >= 15 is 0 Å². The lowest BCUT2D eigenvalue weighted by molar-refractivity contribution is -0.139. The molecule has 3 aromatic carbocycles. The van der Waals surface area contributed by atoms with Gasteiger partial charge in [-0.25, -0.2) is 0 Å². The first kappa shape index (κ1) is 29.6. The number of carbonyl (C=O) groups excluding carboxylic acids is 2. The van der Waals surface area contributed by atoms with Crippen molar-refractivity contribution in [3.8, 4) is 0 Å². The maximum atomic E-state index is 13.7. The Hall–Kier alpha value is -1.99. The van der Waals surface area contributed by atoms with Gasteiger partial charge in [0.15, 0.2) is 0 Å². The zero-order valence-corrected chi connectivity index (χ0v) is 24.8. The minimum Gasteiger partial charge on any atom is -0.352 e. The van der Waals surface area contributed by atoms with Crippen molar-refractivity contribution in [3.63, 3.8) is 0 Å². The van der Waals surface area contributed by atoms with Crippen LogP contribution in [0.4, 0.5) is 0 Å². The number of nitrogens with one attached hydrogen (secondary N) is 1. The van der Waals surface area contributed by atoms with Crippen LogP contribution in [0, 0.1) is 0 Å². The maximum Gasteiger partial charge on any atom is 0.243 e. The van der Waals surface area contributed by atoms with Gasteiger partial charge in [0.1, 0.15) is 6.04 Å². The Balaban J connectivity index is 1.85. The van der Waals surface area contributed by atoms with Crippen molar-refractivity contribution in [1.82, 2.24) is 10.2 Å². The highest BCUT2D eigenvalue weighted by atomic mass is 79.9. The van der Waals surface area contributed by atoms with Crippen LogP contribution in [-0.2, 0) is 28.3 Å². The lowest BCUT2D eigenvalue weighted by Gasteiger charge is -2.32. The summed E-state index contributed by atoms with van der Waals surface area (Å²) in [6.45, 7) is 4.34. The van der Waals surface area contributed by atoms with E-state index in [2.05, 4.69) is 21.2 Å². The van der Waals surface area contributed by atoms with Crippen LogP contribution in [0.1, 0.15) is 37.0 Å². The molecule has 2 unspecified atom stereocenters. The fraction of sp³-hybridized carbons (Fsp3) is 0.310. The Morgan fingerprint density at radius 1 is 1.00 bits per heavy atom. The molecule has 4 nitrogen and oxygen atoms in total. The van der Waals surface area contributed by atoms with Gasteiger partial charge >= 0.3 is 0 Å². The summed E-state index contributed by atoms with van der Waals surface area (Å²) in [5, 5.41) is 4.25. The van der Waals surface area contributed by atoms with Gasteiger partial charge in [-0.15, -0.1) is 11.8 Å². The molecule has 2 atom stereocenters. The number of hydrogen-bond acceptors (Lipinski definition) is 3. The molecule has 0 saturated carbocycles. The summed E-state index contributed by atoms with van der Waals surface area (Å²) in [5.41, 5.74) is 2.87. The topological polar surface area (TPSA) is 49.4 Å². The predicted octanol–water partition coefficient (Wildman–Crippen LogP) is 7.54. The van der Waals surface area contributed by atoms with Crippen LogP contribution in [0.2, 0.25) is 10.0 Å². The van der Waals surface area contributed by atoms with Crippen LogP contribution in [0.3, 0.4) is 0 Å². The van der Waals surface area contributed by atoms with E-state index in [-0.39, 0.29) is 23.6 Å². The first-order chi connectivity index (χ1) is 17.8. The van der Waals surface area contributed by atoms with Crippen molar-refractivity contribution in [3.05, 3.63) is 104 Å². The molecule has 0 heterocycles. The van der Waals surface area contributed by atoms with Crippen molar-refractivity contribution >= 4 is 62.7 Å². The first-order valence-corrected chi connectivity index (χ1v) is 14.9. The summed E-state index contributed by atoms with van der Waals surface area (Å²) in [6, 6.07) is 22.4. The largest absolute Gasteiger partial charge is 0.352 e. The number of amides is 2. The number of benzene rings is 3. The van der Waals surface area contributed by atoms with Crippen LogP contribution in [0.5, 0.6) is 0 Å². The van der Waals surface area contributed by atoms with Crippen molar-refractivity contribution in [2.24, 2.45) is 0 Å². The van der Waals surface area contributed by atoms with Gasteiger partial charge in [-0.3, -0.25) is 9.59 Å². The summed E-state index contributed by atoms with van der Waals surface area (Å²) in [5.74, 6) is 0.542. The van der Waals surface area contributed by atoms with E-state index in [1.165, 1.54) is 11.8 Å². The highest BCUT2D eigenvalue weighted by Gasteiger charge is 2.30. The summed E-state index contributed by atoms with van der Waals surface area (Å²) in [4.78, 5) is 28.9. The van der Waals surface area contributed by atoms with Crippen molar-refractivity contribution < 1.29 is 9.59 Å². The SMILES string of the molecule is CCC(C)NC(=O)C(Cc1ccccc1)N(Cc1ccc(Br)cc1)C(=O)CSCc1ccc(Cl)cc1Cl. The Morgan fingerprint density at radius 3 is 2.35 bits per heavy atom. The summed E-state index contributed by atoms with van der Waals surface area (Å²) < 4.78 is 0.958. The van der Waals surface area contributed by atoms with Gasteiger partial charge in [0, 0.05) is 39.3 Å². The molecule has 0 saturated heterocycles. The second kappa shape index (κ2) is 14.8. The summed E-state index contributed by atoms with van der Waals surface area (Å²) in [7, 11) is 0. The Bertz CT molecular complexity index is 1180. The normalized spacial score (nSPS) is 12.6. The quantitative estimate of drug-likeness (QED) is 0.227. The molecule has 0 aliphatic heterocycles. The molecule has 0 aromatic heterocycles. The van der Waals surface area contributed by atoms with Gasteiger partial charge < -0.3 is 10.2 Å². The van der Waals surface area contributed by atoms with E-state index in [9.17, 15) is 9.59 Å². The highest BCUT2D eigenvalue weighted by molar-refractivity contribution is 9.10. The molecule has 0 spiro atoms. The fourth-order valence-corrected chi connectivity index (χ4v) is 5.48. The number of nitrogens with zero attached hydrogens (tertiary/aromatic N) is 1. The molecular formula is C29H31BrCl2N2O2S. The van der Waals surface area contributed by atoms with Gasteiger partial charge in [0.05, 0.1) is 5.75 Å². The van der Waals surface area contributed by atoms with Crippen molar-refractivity contribution in [1.29, 1.82) is 0 Å². The number of rotatable bonds is 12. The molecule has 3 rings (SSSR count). The number of carbonyl (C=O) groups is 2. The lowest BCUT2D eigenvalue weighted by Crippen LogP contribution is -2.52. The van der Waals surface area contributed by atoms with Crippen LogP contribution in [0.25, 0.3) is 0 Å². The Labute approximate surface area is 242 Å². The summed E-state index contributed by atoms with van der Waals surface area (Å²) in [6.07, 6.45) is 1.24. The van der Waals surface area contributed by atoms with E-state index in [1.54, 1.807) is 17.0 Å². The summed E-state index contributed by atoms with van der Waals surface area (Å²) >= 11 is 17.3. The predicted molar refractivity (Wildman–Crippen MR) is 159 cm³/mol. The standard InChI is InChI=1S/C29H31BrCl2N2O2S/c1-3-20(2)33-29(36)27(15-21-7-5-4-6-8-21)34(17-22-9-12-24(30)13-10-22)28(35)19-37-18-23-11-14-25(31)16-26(23)32/h4-14,16,20,27H,3,15,17-19H2,1-2H3,(H,33,36). The van der Waals surface area contributed by atoms with Crippen molar-refractivity contribution in [2.75, 3.05) is 5.75 Å². The Morgan fingerprint density at radius 2 is 1.70 bits per heavy atom. The average molecular weight is 622 g/mol. The average Bonchev–Trinajstić information content (AvgIpc) is 2.88. The molecule has 3 aromatic rings. The molecule has 0 radical (unpaired) electrons. The highest BCUT2D eigenvalue weighted by Crippen LogP contribution is 2.25. The molecule has 0 bridgehead atoms. The molecule has 8 heteroatoms. The van der Waals surface area contributed by atoms with Crippen LogP contribution < -0.4 is 5.32 Å². The second-order valence-electron chi connectivity index (χ2n) is 8.90. The third-order valence-electron chi connectivity index (χ3n) is 6.04. The number of halogens is 3. The van der Waals surface area contributed by atoms with E-state index in [0.29, 0.717) is 28.8 Å². The van der Waals surface area contributed by atoms with E-state index in [4.69, 9.17) is 23.2 Å². The minimum atomic E-state index is -0.646. The van der Waals surface area contributed by atoms with Crippen LogP contribution in [0.15, 0.2) is 77.3 Å². The zero-order valence-electron chi connectivity index (χ0n) is 20.9. The smallest absolute Gasteiger partial charge is 0.243 e. The van der Waals surface area contributed by atoms with E-state index < -0.39 is 6.04 Å². The lowest BCUT2D eigenvalue weighted by atomic mass is 10.0. The molecule has 0 fully saturated rings. The molecule has 2 amide bonds. The zero-order chi connectivity index (χ0) is 26.8. The maximum absolute atomic E-state index is 13.7. The third-order valence-corrected chi connectivity index (χ3v) is 8.12. The van der Waals surface area contributed by atoms with E-state index in [1.807, 2.05) is 74.5 Å². The molecule has 0 aliphatic carbocycles. The molecule has 1 N–H and O–H groups in total. The van der Waals surface area contributed by atoms with Crippen LogP contribution >= 0.6 is 50.9 Å². The van der Waals surface area contributed by atoms with Gasteiger partial charge in [-0.05, 0) is 54.3 Å². The second-order valence-corrected chi connectivity index (χ2v) is 11.6. The Kier molecular flexibility index (Phi) is 11.8. The molecule has 37 heavy (non-hydrogen) atoms. The molecule has 0 aliphatic rings. The minimum absolute atomic E-state index is 0.0110. The number of thioether (sulfide) groups is 1. The van der Waals surface area contributed by atoms with Gasteiger partial charge in [0.2, 0.25) is 11.8 Å².